The van der Waals surface area contributed by atoms with Crippen molar-refractivity contribution in [3.63, 3.8) is 0 Å². The van der Waals surface area contributed by atoms with Crippen LogP contribution in [0.2, 0.25) is 5.02 Å². The van der Waals surface area contributed by atoms with Crippen LogP contribution >= 0.6 is 11.6 Å². The van der Waals surface area contributed by atoms with Gasteiger partial charge in [0.05, 0.1) is 11.4 Å². The second-order valence-corrected chi connectivity index (χ2v) is 13.0. The number of nitrogens with one attached hydrogen (secondary N) is 1. The van der Waals surface area contributed by atoms with E-state index >= 15 is 0 Å². The summed E-state index contributed by atoms with van der Waals surface area (Å²) in [5.74, 6) is -0.359. The zero-order valence-corrected chi connectivity index (χ0v) is 23.4. The summed E-state index contributed by atoms with van der Waals surface area (Å²) in [5, 5.41) is 2.17. The van der Waals surface area contributed by atoms with Gasteiger partial charge in [-0.1, -0.05) is 30.2 Å². The fourth-order valence-corrected chi connectivity index (χ4v) is 7.48. The van der Waals surface area contributed by atoms with Gasteiger partial charge in [-0.3, -0.25) is 9.59 Å². The maximum absolute atomic E-state index is 13.4. The lowest BCUT2D eigenvalue weighted by Gasteiger charge is -2.41. The smallest absolute Gasteiger partial charge is 0.242 e. The molecule has 0 spiro atoms. The fraction of sp³-hybridized carbons (Fsp3) is 0.571. The first-order valence-electron chi connectivity index (χ1n) is 13.8. The summed E-state index contributed by atoms with van der Waals surface area (Å²) in [7, 11) is -3.92. The minimum absolute atomic E-state index is 0.00426. The number of hydrogen-bond acceptors (Lipinski definition) is 5. The van der Waals surface area contributed by atoms with Crippen LogP contribution in [0.4, 0.5) is 0 Å². The Balaban J connectivity index is 1.23. The van der Waals surface area contributed by atoms with Crippen molar-refractivity contribution in [3.05, 3.63) is 41.4 Å². The van der Waals surface area contributed by atoms with E-state index in [9.17, 15) is 18.0 Å². The van der Waals surface area contributed by atoms with Gasteiger partial charge in [0.1, 0.15) is 6.04 Å². The molecule has 206 valence electrons. The van der Waals surface area contributed by atoms with Crippen molar-refractivity contribution in [2.75, 3.05) is 39.3 Å². The van der Waals surface area contributed by atoms with Crippen molar-refractivity contribution in [1.82, 2.24) is 19.4 Å². The predicted molar refractivity (Wildman–Crippen MR) is 149 cm³/mol. The van der Waals surface area contributed by atoms with Crippen molar-refractivity contribution >= 4 is 44.2 Å². The summed E-state index contributed by atoms with van der Waals surface area (Å²) in [6.45, 7) is 4.28. The summed E-state index contributed by atoms with van der Waals surface area (Å²) in [6.07, 6.45) is 7.86. The van der Waals surface area contributed by atoms with Crippen LogP contribution in [0.25, 0.3) is 10.8 Å². The summed E-state index contributed by atoms with van der Waals surface area (Å²) in [5.41, 5.74) is 0. The molecular formula is C28H37ClN4O4S. The van der Waals surface area contributed by atoms with Gasteiger partial charge in [0.25, 0.3) is 0 Å². The highest BCUT2D eigenvalue weighted by Crippen LogP contribution is 2.24. The number of benzene rings is 2. The van der Waals surface area contributed by atoms with Gasteiger partial charge in [-0.05, 0) is 93.1 Å². The van der Waals surface area contributed by atoms with Gasteiger partial charge in [0.2, 0.25) is 21.8 Å². The monoisotopic (exact) mass is 560 g/mol. The number of carbonyl (C=O) groups excluding carboxylic acids is 2. The first kappa shape index (κ1) is 27.4. The number of hydrogen-bond donors (Lipinski definition) is 1. The molecule has 1 N–H and O–H groups in total. The molecule has 10 heteroatoms. The van der Waals surface area contributed by atoms with Crippen LogP contribution in [0, 0.1) is 0 Å². The van der Waals surface area contributed by atoms with Crippen LogP contribution < -0.4 is 4.72 Å². The topological polar surface area (TPSA) is 90.0 Å². The van der Waals surface area contributed by atoms with Crippen LogP contribution in [0.3, 0.4) is 0 Å². The summed E-state index contributed by atoms with van der Waals surface area (Å²) >= 11 is 6.04. The second kappa shape index (κ2) is 11.9. The third-order valence-corrected chi connectivity index (χ3v) is 9.81. The van der Waals surface area contributed by atoms with Crippen LogP contribution in [-0.4, -0.2) is 86.3 Å². The Morgan fingerprint density at radius 3 is 2.45 bits per heavy atom. The number of piperidine rings is 3. The Morgan fingerprint density at radius 2 is 1.63 bits per heavy atom. The van der Waals surface area contributed by atoms with Gasteiger partial charge >= 0.3 is 0 Å². The molecule has 38 heavy (non-hydrogen) atoms. The quantitative estimate of drug-likeness (QED) is 0.558. The standard InChI is InChI=1S/C28H37ClN4O4S/c29-23-11-9-22-18-25(12-10-21(22)17-23)38(36,37)30-26-8-6-15-32(28(26)35)20-27(34)33-16-5-2-7-24(33)19-31-13-3-1-4-14-31/h9-12,17-18,24,26,30H,1-8,13-16,19-20H2. The molecule has 2 amide bonds. The van der Waals surface area contributed by atoms with E-state index in [2.05, 4.69) is 9.62 Å². The molecule has 3 fully saturated rings. The van der Waals surface area contributed by atoms with Crippen molar-refractivity contribution < 1.29 is 18.0 Å². The number of halogens is 1. The molecule has 8 nitrogen and oxygen atoms in total. The Hall–Kier alpha value is -2.20. The highest BCUT2D eigenvalue weighted by atomic mass is 35.5. The van der Waals surface area contributed by atoms with E-state index in [1.165, 1.54) is 30.2 Å². The van der Waals surface area contributed by atoms with Crippen LogP contribution in [0.15, 0.2) is 41.3 Å². The first-order chi connectivity index (χ1) is 18.3. The summed E-state index contributed by atoms with van der Waals surface area (Å²) in [6, 6.07) is 9.39. The highest BCUT2D eigenvalue weighted by molar-refractivity contribution is 7.89. The summed E-state index contributed by atoms with van der Waals surface area (Å²) in [4.78, 5) is 32.8. The highest BCUT2D eigenvalue weighted by Gasteiger charge is 2.36. The van der Waals surface area contributed by atoms with Crippen LogP contribution in [0.1, 0.15) is 51.4 Å². The Morgan fingerprint density at radius 1 is 0.895 bits per heavy atom. The zero-order chi connectivity index (χ0) is 26.7. The predicted octanol–water partition coefficient (Wildman–Crippen LogP) is 3.63. The maximum Gasteiger partial charge on any atom is 0.242 e. The second-order valence-electron chi connectivity index (χ2n) is 10.8. The average molecular weight is 561 g/mol. The molecule has 0 aliphatic carbocycles. The zero-order valence-electron chi connectivity index (χ0n) is 21.8. The molecule has 0 radical (unpaired) electrons. The number of amides is 2. The lowest BCUT2D eigenvalue weighted by atomic mass is 10.00. The molecule has 0 bridgehead atoms. The Kier molecular flexibility index (Phi) is 8.57. The van der Waals surface area contributed by atoms with Gasteiger partial charge in [0.15, 0.2) is 0 Å². The molecule has 0 saturated carbocycles. The molecule has 2 atom stereocenters. The van der Waals surface area contributed by atoms with Crippen molar-refractivity contribution in [3.8, 4) is 0 Å². The van der Waals surface area contributed by atoms with Crippen molar-refractivity contribution in [2.45, 2.75) is 68.3 Å². The first-order valence-corrected chi connectivity index (χ1v) is 15.7. The van der Waals surface area contributed by atoms with Gasteiger partial charge < -0.3 is 14.7 Å². The van der Waals surface area contributed by atoms with Gasteiger partial charge in [0, 0.05) is 30.7 Å². The number of fused-ring (bicyclic) bond motifs is 1. The van der Waals surface area contributed by atoms with Crippen LogP contribution in [-0.2, 0) is 19.6 Å². The van der Waals surface area contributed by atoms with Gasteiger partial charge in [-0.15, -0.1) is 0 Å². The van der Waals surface area contributed by atoms with Gasteiger partial charge in [-0.2, -0.15) is 4.72 Å². The molecule has 2 aromatic rings. The lowest BCUT2D eigenvalue weighted by molar-refractivity contribution is -0.145. The third-order valence-electron chi connectivity index (χ3n) is 8.10. The SMILES string of the molecule is O=C1C(NS(=O)(=O)c2ccc3cc(Cl)ccc3c2)CCCN1CC(=O)N1CCCCC1CN1CCCCC1. The fourth-order valence-electron chi connectivity index (χ4n) is 6.04. The third kappa shape index (κ3) is 6.33. The number of carbonyl (C=O) groups is 2. The number of rotatable bonds is 7. The number of nitrogens with zero attached hydrogens (tertiary/aromatic N) is 3. The van der Waals surface area contributed by atoms with E-state index in [1.54, 1.807) is 30.3 Å². The minimum Gasteiger partial charge on any atom is -0.337 e. The van der Waals surface area contributed by atoms with Gasteiger partial charge in [-0.25, -0.2) is 8.42 Å². The largest absolute Gasteiger partial charge is 0.337 e. The molecule has 2 aromatic carbocycles. The Bertz CT molecular complexity index is 1280. The normalized spacial score (nSPS) is 23.7. The number of sulfonamides is 1. The summed E-state index contributed by atoms with van der Waals surface area (Å²) < 4.78 is 29.0. The number of likely N-dealkylation sites (tertiary alicyclic amines) is 3. The maximum atomic E-state index is 13.4. The molecule has 3 aliphatic rings. The van der Waals surface area contributed by atoms with Crippen molar-refractivity contribution in [1.29, 1.82) is 0 Å². The van der Waals surface area contributed by atoms with Crippen molar-refractivity contribution in [2.24, 2.45) is 0 Å². The van der Waals surface area contributed by atoms with E-state index in [4.69, 9.17) is 11.6 Å². The van der Waals surface area contributed by atoms with E-state index in [1.807, 2.05) is 4.90 Å². The Labute approximate surface area is 230 Å². The van der Waals surface area contributed by atoms with Crippen LogP contribution in [0.5, 0.6) is 0 Å². The molecule has 3 heterocycles. The molecule has 0 aromatic heterocycles. The van der Waals surface area contributed by atoms with E-state index in [0.717, 1.165) is 56.2 Å². The van der Waals surface area contributed by atoms with E-state index < -0.39 is 16.1 Å². The molecular weight excluding hydrogens is 524 g/mol. The van der Waals surface area contributed by atoms with E-state index in [-0.39, 0.29) is 29.3 Å². The minimum atomic E-state index is -3.92. The van der Waals surface area contributed by atoms with E-state index in [0.29, 0.717) is 24.4 Å². The average Bonchev–Trinajstić information content (AvgIpc) is 2.91. The molecule has 2 unspecified atom stereocenters. The lowest BCUT2D eigenvalue weighted by Crippen LogP contribution is -2.57. The molecule has 3 saturated heterocycles. The molecule has 5 rings (SSSR count). The molecule has 3 aliphatic heterocycles.